The van der Waals surface area contributed by atoms with E-state index >= 15 is 0 Å². The van der Waals surface area contributed by atoms with Crippen LogP contribution in [0.5, 0.6) is 0 Å². The lowest BCUT2D eigenvalue weighted by atomic mass is 9.85. The van der Waals surface area contributed by atoms with E-state index in [0.29, 0.717) is 11.0 Å². The third-order valence-electron chi connectivity index (χ3n) is 5.21. The van der Waals surface area contributed by atoms with Crippen molar-refractivity contribution in [1.29, 1.82) is 0 Å². The monoisotopic (exact) mass is 385 g/mol. The number of aromatic nitrogens is 3. The van der Waals surface area contributed by atoms with Crippen LogP contribution < -0.4 is 10.2 Å². The molecule has 1 spiro atoms. The molecule has 6 nitrogen and oxygen atoms in total. The highest BCUT2D eigenvalue weighted by molar-refractivity contribution is 6.30. The van der Waals surface area contributed by atoms with Crippen molar-refractivity contribution in [2.45, 2.75) is 6.42 Å². The van der Waals surface area contributed by atoms with Crippen LogP contribution in [0.1, 0.15) is 6.42 Å². The zero-order chi connectivity index (χ0) is 18.4. The van der Waals surface area contributed by atoms with Crippen LogP contribution in [0.4, 0.5) is 21.8 Å². The van der Waals surface area contributed by atoms with E-state index < -0.39 is 5.82 Å². The highest BCUT2D eigenvalue weighted by Crippen LogP contribution is 2.40. The number of hydrogen-bond acceptors (Lipinski definition) is 6. The molecule has 0 atom stereocenters. The van der Waals surface area contributed by atoms with E-state index in [0.717, 1.165) is 49.4 Å². The third kappa shape index (κ3) is 2.96. The maximum Gasteiger partial charge on any atom is 0.227 e. The Morgan fingerprint density at radius 3 is 2.85 bits per heavy atom. The topological polar surface area (TPSA) is 63.2 Å². The molecule has 2 fully saturated rings. The number of halogens is 2. The van der Waals surface area contributed by atoms with Crippen molar-refractivity contribution < 1.29 is 9.13 Å². The van der Waals surface area contributed by atoms with E-state index in [-0.39, 0.29) is 11.1 Å². The second kappa shape index (κ2) is 6.28. The van der Waals surface area contributed by atoms with E-state index in [1.807, 2.05) is 6.07 Å². The molecule has 0 unspecified atom stereocenters. The molecule has 2 saturated heterocycles. The summed E-state index contributed by atoms with van der Waals surface area (Å²) in [6, 6.07) is 6.31. The largest absolute Gasteiger partial charge is 0.380 e. The van der Waals surface area contributed by atoms with Crippen molar-refractivity contribution in [3.05, 3.63) is 47.5 Å². The molecular formula is C19H17ClFN5O. The number of hydrogen-bond donors (Lipinski definition) is 1. The van der Waals surface area contributed by atoms with Gasteiger partial charge >= 0.3 is 0 Å². The lowest BCUT2D eigenvalue weighted by Crippen LogP contribution is -2.44. The fraction of sp³-hybridized carbons (Fsp3) is 0.316. The van der Waals surface area contributed by atoms with E-state index in [4.69, 9.17) is 16.3 Å². The predicted molar refractivity (Wildman–Crippen MR) is 102 cm³/mol. The standard InChI is InChI=1S/C19H17ClFN5O/c20-13-1-2-15(14(21)7-13)24-18-23-8-12-3-5-22-17(16(12)25-18)26-6-4-19(9-26)10-27-11-19/h1-3,5,7-8H,4,6,9-11H2,(H,23,24,25). The molecule has 0 bridgehead atoms. The second-order valence-electron chi connectivity index (χ2n) is 7.18. The predicted octanol–water partition coefficient (Wildman–Crippen LogP) is 3.79. The molecule has 2 aliphatic rings. The molecule has 1 N–H and O–H groups in total. The van der Waals surface area contributed by atoms with Crippen molar-refractivity contribution >= 4 is 40.0 Å². The molecule has 138 valence electrons. The van der Waals surface area contributed by atoms with Crippen molar-refractivity contribution in [3.63, 3.8) is 0 Å². The van der Waals surface area contributed by atoms with Gasteiger partial charge in [0.25, 0.3) is 0 Å². The molecule has 0 amide bonds. The molecule has 0 radical (unpaired) electrons. The minimum absolute atomic E-state index is 0.254. The highest BCUT2D eigenvalue weighted by Gasteiger charge is 2.45. The van der Waals surface area contributed by atoms with Gasteiger partial charge in [0.05, 0.1) is 18.9 Å². The van der Waals surface area contributed by atoms with Crippen LogP contribution in [0, 0.1) is 11.2 Å². The Kier molecular flexibility index (Phi) is 3.87. The van der Waals surface area contributed by atoms with Crippen LogP contribution in [0.15, 0.2) is 36.7 Å². The van der Waals surface area contributed by atoms with Crippen LogP contribution in [0.2, 0.25) is 5.02 Å². The van der Waals surface area contributed by atoms with E-state index in [1.165, 1.54) is 6.07 Å². The van der Waals surface area contributed by atoms with E-state index in [9.17, 15) is 4.39 Å². The molecule has 2 aliphatic heterocycles. The van der Waals surface area contributed by atoms with E-state index in [2.05, 4.69) is 25.2 Å². The molecule has 5 rings (SSSR count). The van der Waals surface area contributed by atoms with Crippen LogP contribution in [-0.2, 0) is 4.74 Å². The molecule has 2 aromatic heterocycles. The number of rotatable bonds is 3. The Labute approximate surface area is 160 Å². The van der Waals surface area contributed by atoms with Gasteiger partial charge < -0.3 is 15.0 Å². The summed E-state index contributed by atoms with van der Waals surface area (Å²) >= 11 is 5.81. The average molecular weight is 386 g/mol. The average Bonchev–Trinajstić information content (AvgIpc) is 3.09. The minimum Gasteiger partial charge on any atom is -0.380 e. The van der Waals surface area contributed by atoms with Crippen LogP contribution in [0.25, 0.3) is 10.9 Å². The number of pyridine rings is 1. The Morgan fingerprint density at radius 2 is 2.11 bits per heavy atom. The molecule has 27 heavy (non-hydrogen) atoms. The summed E-state index contributed by atoms with van der Waals surface area (Å²) in [5, 5.41) is 4.16. The fourth-order valence-corrected chi connectivity index (χ4v) is 3.85. The molecule has 1 aromatic carbocycles. The van der Waals surface area contributed by atoms with E-state index in [1.54, 1.807) is 24.5 Å². The van der Waals surface area contributed by atoms with Crippen molar-refractivity contribution in [1.82, 2.24) is 15.0 Å². The lowest BCUT2D eigenvalue weighted by molar-refractivity contribution is -0.0985. The summed E-state index contributed by atoms with van der Waals surface area (Å²) in [7, 11) is 0. The molecule has 0 aliphatic carbocycles. The van der Waals surface area contributed by atoms with Crippen molar-refractivity contribution in [2.75, 3.05) is 36.5 Å². The second-order valence-corrected chi connectivity index (χ2v) is 7.62. The highest BCUT2D eigenvalue weighted by atomic mass is 35.5. The quantitative estimate of drug-likeness (QED) is 0.740. The van der Waals surface area contributed by atoms with Crippen molar-refractivity contribution in [3.8, 4) is 0 Å². The van der Waals surface area contributed by atoms with Gasteiger partial charge in [-0.15, -0.1) is 0 Å². The Morgan fingerprint density at radius 1 is 1.22 bits per heavy atom. The summed E-state index contributed by atoms with van der Waals surface area (Å²) in [6.07, 6.45) is 4.59. The minimum atomic E-state index is -0.455. The van der Waals surface area contributed by atoms with Gasteiger partial charge in [-0.1, -0.05) is 11.6 Å². The smallest absolute Gasteiger partial charge is 0.227 e. The summed E-state index contributed by atoms with van der Waals surface area (Å²) in [4.78, 5) is 15.7. The van der Waals surface area contributed by atoms with Gasteiger partial charge in [-0.2, -0.15) is 0 Å². The zero-order valence-electron chi connectivity index (χ0n) is 14.5. The molecule has 4 heterocycles. The number of nitrogens with one attached hydrogen (secondary N) is 1. The Balaban J connectivity index is 1.49. The number of anilines is 3. The number of benzene rings is 1. The van der Waals surface area contributed by atoms with Crippen LogP contribution in [0.3, 0.4) is 0 Å². The Hall–Kier alpha value is -2.51. The van der Waals surface area contributed by atoms with Gasteiger partial charge in [-0.05, 0) is 30.7 Å². The van der Waals surface area contributed by atoms with Gasteiger partial charge in [0.1, 0.15) is 11.3 Å². The first-order valence-electron chi connectivity index (χ1n) is 8.79. The maximum absolute atomic E-state index is 14.1. The molecule has 3 aromatic rings. The van der Waals surface area contributed by atoms with Gasteiger partial charge in [-0.25, -0.2) is 19.3 Å². The first-order valence-corrected chi connectivity index (χ1v) is 9.16. The maximum atomic E-state index is 14.1. The first kappa shape index (κ1) is 16.6. The van der Waals surface area contributed by atoms with Gasteiger partial charge in [0, 0.05) is 41.3 Å². The summed E-state index contributed by atoms with van der Waals surface area (Å²) in [6.45, 7) is 3.46. The summed E-state index contributed by atoms with van der Waals surface area (Å²) < 4.78 is 19.5. The number of fused-ring (bicyclic) bond motifs is 1. The summed E-state index contributed by atoms with van der Waals surface area (Å²) in [5.74, 6) is 0.696. The fourth-order valence-electron chi connectivity index (χ4n) is 3.69. The van der Waals surface area contributed by atoms with Gasteiger partial charge in [0.15, 0.2) is 5.82 Å². The van der Waals surface area contributed by atoms with Crippen LogP contribution in [-0.4, -0.2) is 41.3 Å². The normalized spacial score (nSPS) is 18.1. The first-order chi connectivity index (χ1) is 13.1. The SMILES string of the molecule is Fc1cc(Cl)ccc1Nc1ncc2ccnc(N3CCC4(COC4)C3)c2n1. The Bertz CT molecular complexity index is 1030. The van der Waals surface area contributed by atoms with Crippen LogP contribution >= 0.6 is 11.6 Å². The number of nitrogens with zero attached hydrogens (tertiary/aromatic N) is 4. The zero-order valence-corrected chi connectivity index (χ0v) is 15.2. The van der Waals surface area contributed by atoms with Gasteiger partial charge in [-0.3, -0.25) is 0 Å². The number of ether oxygens (including phenoxy) is 1. The third-order valence-corrected chi connectivity index (χ3v) is 5.45. The lowest BCUT2D eigenvalue weighted by Gasteiger charge is -2.37. The van der Waals surface area contributed by atoms with Crippen molar-refractivity contribution in [2.24, 2.45) is 5.41 Å². The van der Waals surface area contributed by atoms with Gasteiger partial charge in [0.2, 0.25) is 5.95 Å². The molecular weight excluding hydrogens is 369 g/mol. The molecule has 8 heteroatoms. The summed E-state index contributed by atoms with van der Waals surface area (Å²) in [5.41, 5.74) is 1.28. The molecule has 0 saturated carbocycles.